The van der Waals surface area contributed by atoms with E-state index in [0.717, 1.165) is 15.6 Å². The van der Waals surface area contributed by atoms with E-state index in [2.05, 4.69) is 15.9 Å². The molecule has 0 aliphatic heterocycles. The maximum absolute atomic E-state index is 13.6. The summed E-state index contributed by atoms with van der Waals surface area (Å²) in [5.74, 6) is -0.322. The van der Waals surface area contributed by atoms with Crippen LogP contribution in [0.5, 0.6) is 0 Å². The third kappa shape index (κ3) is 2.88. The first-order chi connectivity index (χ1) is 8.95. The van der Waals surface area contributed by atoms with Gasteiger partial charge in [0.25, 0.3) is 0 Å². The van der Waals surface area contributed by atoms with E-state index in [1.807, 2.05) is 44.2 Å². The molecule has 1 nitrogen and oxygen atoms in total. The minimum Gasteiger partial charge on any atom is -0.380 e. The van der Waals surface area contributed by atoms with Gasteiger partial charge in [-0.2, -0.15) is 0 Å². The number of benzene rings is 2. The Morgan fingerprint density at radius 2 is 1.89 bits per heavy atom. The molecule has 0 amide bonds. The standard InChI is InChI=1S/C16H16BrFO/c1-3-16(19,12-5-4-6-14(17)9-12)13-7-11(2)8-15(18)10-13/h4-10,19H,3H2,1-2H3. The van der Waals surface area contributed by atoms with Gasteiger partial charge >= 0.3 is 0 Å². The summed E-state index contributed by atoms with van der Waals surface area (Å²) in [6, 6.07) is 12.2. The first-order valence-electron chi connectivity index (χ1n) is 6.22. The van der Waals surface area contributed by atoms with Crippen molar-refractivity contribution in [3.63, 3.8) is 0 Å². The minimum atomic E-state index is -1.17. The lowest BCUT2D eigenvalue weighted by Gasteiger charge is -2.28. The van der Waals surface area contributed by atoms with Crippen molar-refractivity contribution in [1.82, 2.24) is 0 Å². The molecular weight excluding hydrogens is 307 g/mol. The van der Waals surface area contributed by atoms with E-state index >= 15 is 0 Å². The first kappa shape index (κ1) is 14.2. The molecule has 0 spiro atoms. The van der Waals surface area contributed by atoms with Crippen molar-refractivity contribution in [2.75, 3.05) is 0 Å². The Morgan fingerprint density at radius 3 is 2.47 bits per heavy atom. The molecule has 0 saturated heterocycles. The van der Waals surface area contributed by atoms with E-state index in [1.165, 1.54) is 12.1 Å². The Kier molecular flexibility index (Phi) is 4.07. The van der Waals surface area contributed by atoms with Gasteiger partial charge in [0.05, 0.1) is 0 Å². The van der Waals surface area contributed by atoms with E-state index in [0.29, 0.717) is 12.0 Å². The summed E-state index contributed by atoms with van der Waals surface area (Å²) in [5, 5.41) is 10.9. The molecule has 2 rings (SSSR count). The summed E-state index contributed by atoms with van der Waals surface area (Å²) in [5.41, 5.74) is 0.980. The summed E-state index contributed by atoms with van der Waals surface area (Å²) in [6.45, 7) is 3.71. The predicted molar refractivity (Wildman–Crippen MR) is 78.6 cm³/mol. The number of rotatable bonds is 3. The highest BCUT2D eigenvalue weighted by atomic mass is 79.9. The van der Waals surface area contributed by atoms with Gasteiger partial charge in [-0.3, -0.25) is 0 Å². The molecule has 0 aromatic heterocycles. The molecule has 3 heteroatoms. The molecule has 0 bridgehead atoms. The molecule has 0 aliphatic rings. The van der Waals surface area contributed by atoms with Crippen LogP contribution in [-0.4, -0.2) is 5.11 Å². The quantitative estimate of drug-likeness (QED) is 0.879. The van der Waals surface area contributed by atoms with Crippen molar-refractivity contribution in [3.8, 4) is 0 Å². The lowest BCUT2D eigenvalue weighted by Crippen LogP contribution is -2.26. The molecule has 0 aliphatic carbocycles. The van der Waals surface area contributed by atoms with Crippen molar-refractivity contribution in [1.29, 1.82) is 0 Å². The van der Waals surface area contributed by atoms with Crippen LogP contribution in [0.25, 0.3) is 0 Å². The summed E-state index contributed by atoms with van der Waals surface area (Å²) in [7, 11) is 0. The summed E-state index contributed by atoms with van der Waals surface area (Å²) >= 11 is 3.40. The fraction of sp³-hybridized carbons (Fsp3) is 0.250. The number of aryl methyl sites for hydroxylation is 1. The smallest absolute Gasteiger partial charge is 0.123 e. The highest BCUT2D eigenvalue weighted by Gasteiger charge is 2.30. The zero-order chi connectivity index (χ0) is 14.0. The molecule has 2 aromatic rings. The van der Waals surface area contributed by atoms with E-state index in [4.69, 9.17) is 0 Å². The Hall–Kier alpha value is -1.19. The highest BCUT2D eigenvalue weighted by Crippen LogP contribution is 2.34. The molecule has 0 saturated carbocycles. The molecule has 1 N–H and O–H groups in total. The van der Waals surface area contributed by atoms with Gasteiger partial charge in [-0.25, -0.2) is 4.39 Å². The van der Waals surface area contributed by atoms with Crippen molar-refractivity contribution in [3.05, 3.63) is 69.4 Å². The van der Waals surface area contributed by atoms with Gasteiger partial charge in [-0.1, -0.05) is 41.1 Å². The van der Waals surface area contributed by atoms with Gasteiger partial charge in [0.15, 0.2) is 0 Å². The first-order valence-corrected chi connectivity index (χ1v) is 7.01. The topological polar surface area (TPSA) is 20.2 Å². The van der Waals surface area contributed by atoms with E-state index in [9.17, 15) is 9.50 Å². The molecule has 100 valence electrons. The second-order valence-corrected chi connectivity index (χ2v) is 5.66. The second kappa shape index (κ2) is 5.43. The van der Waals surface area contributed by atoms with Gasteiger partial charge < -0.3 is 5.11 Å². The number of halogens is 2. The monoisotopic (exact) mass is 322 g/mol. The van der Waals surface area contributed by atoms with Crippen LogP contribution in [0.15, 0.2) is 46.9 Å². The fourth-order valence-corrected chi connectivity index (χ4v) is 2.70. The largest absolute Gasteiger partial charge is 0.380 e. The number of hydrogen-bond acceptors (Lipinski definition) is 1. The molecule has 19 heavy (non-hydrogen) atoms. The molecule has 2 aromatic carbocycles. The Bertz CT molecular complexity index is 577. The zero-order valence-corrected chi connectivity index (χ0v) is 12.5. The Morgan fingerprint density at radius 1 is 1.16 bits per heavy atom. The summed E-state index contributed by atoms with van der Waals surface area (Å²) in [6.07, 6.45) is 0.479. The molecule has 0 heterocycles. The van der Waals surface area contributed by atoms with Crippen molar-refractivity contribution < 1.29 is 9.50 Å². The number of aliphatic hydroxyl groups is 1. The van der Waals surface area contributed by atoms with Crippen LogP contribution < -0.4 is 0 Å². The molecule has 1 atom stereocenters. The Labute approximate surface area is 121 Å². The van der Waals surface area contributed by atoms with Gasteiger partial charge in [0.2, 0.25) is 0 Å². The van der Waals surface area contributed by atoms with Crippen LogP contribution >= 0.6 is 15.9 Å². The van der Waals surface area contributed by atoms with Crippen LogP contribution in [0, 0.1) is 12.7 Å². The van der Waals surface area contributed by atoms with Crippen LogP contribution in [0.2, 0.25) is 0 Å². The van der Waals surface area contributed by atoms with Gasteiger partial charge in [0.1, 0.15) is 11.4 Å². The van der Waals surface area contributed by atoms with E-state index < -0.39 is 5.60 Å². The SMILES string of the molecule is CCC(O)(c1cc(C)cc(F)c1)c1cccc(Br)c1. The minimum absolute atomic E-state index is 0.322. The maximum Gasteiger partial charge on any atom is 0.123 e. The van der Waals surface area contributed by atoms with Crippen molar-refractivity contribution in [2.24, 2.45) is 0 Å². The molecule has 1 unspecified atom stereocenters. The van der Waals surface area contributed by atoms with Crippen LogP contribution in [0.1, 0.15) is 30.0 Å². The highest BCUT2D eigenvalue weighted by molar-refractivity contribution is 9.10. The predicted octanol–water partition coefficient (Wildman–Crippen LogP) is 4.54. The van der Waals surface area contributed by atoms with Gasteiger partial charge in [-0.15, -0.1) is 0 Å². The third-order valence-electron chi connectivity index (χ3n) is 3.33. The summed E-state index contributed by atoms with van der Waals surface area (Å²) < 4.78 is 14.5. The molecular formula is C16H16BrFO. The van der Waals surface area contributed by atoms with E-state index in [1.54, 1.807) is 0 Å². The van der Waals surface area contributed by atoms with Crippen LogP contribution in [0.3, 0.4) is 0 Å². The molecule has 0 radical (unpaired) electrons. The lowest BCUT2D eigenvalue weighted by atomic mass is 9.83. The fourth-order valence-electron chi connectivity index (χ4n) is 2.30. The van der Waals surface area contributed by atoms with Crippen molar-refractivity contribution in [2.45, 2.75) is 25.9 Å². The second-order valence-electron chi connectivity index (χ2n) is 4.74. The van der Waals surface area contributed by atoms with Crippen LogP contribution in [0.4, 0.5) is 4.39 Å². The number of hydrogen-bond donors (Lipinski definition) is 1. The van der Waals surface area contributed by atoms with Crippen LogP contribution in [-0.2, 0) is 5.60 Å². The van der Waals surface area contributed by atoms with Crippen molar-refractivity contribution >= 4 is 15.9 Å². The average molecular weight is 323 g/mol. The summed E-state index contributed by atoms with van der Waals surface area (Å²) in [4.78, 5) is 0. The lowest BCUT2D eigenvalue weighted by molar-refractivity contribution is 0.0760. The zero-order valence-electron chi connectivity index (χ0n) is 11.0. The molecule has 0 fully saturated rings. The van der Waals surface area contributed by atoms with E-state index in [-0.39, 0.29) is 5.82 Å². The average Bonchev–Trinajstić information content (AvgIpc) is 2.36. The third-order valence-corrected chi connectivity index (χ3v) is 3.83. The van der Waals surface area contributed by atoms with Gasteiger partial charge in [-0.05, 0) is 54.3 Å². The van der Waals surface area contributed by atoms with Gasteiger partial charge in [0, 0.05) is 4.47 Å². The Balaban J connectivity index is 2.59. The normalized spacial score (nSPS) is 14.2. The maximum atomic E-state index is 13.6.